The number of nitrogens with one attached hydrogen (secondary N) is 1. The lowest BCUT2D eigenvalue weighted by atomic mass is 9.93. The normalized spacial score (nSPS) is 19.9. The number of hydrogen-bond donors (Lipinski definition) is 1. The van der Waals surface area contributed by atoms with Crippen LogP contribution in [0.4, 0.5) is 0 Å². The quantitative estimate of drug-likeness (QED) is 0.892. The molecule has 0 aromatic carbocycles. The zero-order valence-corrected chi connectivity index (χ0v) is 13.6. The van der Waals surface area contributed by atoms with Gasteiger partial charge in [0, 0.05) is 19.4 Å². The summed E-state index contributed by atoms with van der Waals surface area (Å²) < 4.78 is 2.17. The third-order valence-corrected chi connectivity index (χ3v) is 5.01. The Kier molecular flexibility index (Phi) is 5.08. The summed E-state index contributed by atoms with van der Waals surface area (Å²) in [4.78, 5) is 14.6. The molecule has 22 heavy (non-hydrogen) atoms. The van der Waals surface area contributed by atoms with Crippen LogP contribution in [0.3, 0.4) is 0 Å². The first kappa shape index (κ1) is 15.5. The lowest BCUT2D eigenvalue weighted by Gasteiger charge is -2.30. The molecule has 1 N–H and O–H groups in total. The second-order valence-corrected chi connectivity index (χ2v) is 6.50. The van der Waals surface area contributed by atoms with Crippen LogP contribution in [-0.2, 0) is 24.3 Å². The van der Waals surface area contributed by atoms with E-state index in [9.17, 15) is 4.79 Å². The smallest absolute Gasteiger partial charge is 0.220 e. The van der Waals surface area contributed by atoms with Gasteiger partial charge in [0.05, 0.1) is 6.54 Å². The van der Waals surface area contributed by atoms with Crippen LogP contribution in [0, 0.1) is 5.92 Å². The number of aromatic nitrogens is 3. The summed E-state index contributed by atoms with van der Waals surface area (Å²) in [7, 11) is 0. The highest BCUT2D eigenvalue weighted by Crippen LogP contribution is 2.20. The third kappa shape index (κ3) is 3.66. The summed E-state index contributed by atoms with van der Waals surface area (Å²) in [5, 5.41) is 11.5. The number of carbonyl (C=O) groups excluding carboxylic acids is 1. The van der Waals surface area contributed by atoms with Crippen LogP contribution in [0.5, 0.6) is 0 Å². The van der Waals surface area contributed by atoms with Crippen molar-refractivity contribution in [1.82, 2.24) is 25.0 Å². The van der Waals surface area contributed by atoms with Crippen molar-refractivity contribution in [3.63, 3.8) is 0 Å². The van der Waals surface area contributed by atoms with Crippen molar-refractivity contribution in [3.05, 3.63) is 11.6 Å². The number of amides is 1. The lowest BCUT2D eigenvalue weighted by Crippen LogP contribution is -2.35. The molecule has 0 spiro atoms. The molecule has 1 aromatic rings. The van der Waals surface area contributed by atoms with Crippen molar-refractivity contribution in [2.75, 3.05) is 19.6 Å². The molecule has 1 amide bonds. The molecular formula is C16H27N5O. The second-order valence-electron chi connectivity index (χ2n) is 6.50. The molecular weight excluding hydrogens is 278 g/mol. The Morgan fingerprint density at radius 2 is 2.05 bits per heavy atom. The average Bonchev–Trinajstić information content (AvgIpc) is 2.97. The zero-order chi connectivity index (χ0) is 15.4. The topological polar surface area (TPSA) is 63.1 Å². The molecule has 0 bridgehead atoms. The molecule has 3 heterocycles. The summed E-state index contributed by atoms with van der Waals surface area (Å²) in [6.45, 7) is 7.09. The van der Waals surface area contributed by atoms with Gasteiger partial charge in [0.1, 0.15) is 5.82 Å². The number of carbonyl (C=O) groups is 1. The van der Waals surface area contributed by atoms with Gasteiger partial charge in [-0.3, -0.25) is 4.79 Å². The summed E-state index contributed by atoms with van der Waals surface area (Å²) in [5.41, 5.74) is 0. The molecule has 0 unspecified atom stereocenters. The molecule has 6 nitrogen and oxygen atoms in total. The zero-order valence-electron chi connectivity index (χ0n) is 13.6. The number of likely N-dealkylation sites (tertiary alicyclic amines) is 1. The van der Waals surface area contributed by atoms with Gasteiger partial charge < -0.3 is 14.8 Å². The Morgan fingerprint density at radius 1 is 1.23 bits per heavy atom. The van der Waals surface area contributed by atoms with Crippen LogP contribution < -0.4 is 5.32 Å². The lowest BCUT2D eigenvalue weighted by molar-refractivity contribution is -0.122. The minimum Gasteiger partial charge on any atom is -0.349 e. The molecule has 1 fully saturated rings. The highest BCUT2D eigenvalue weighted by Gasteiger charge is 2.21. The van der Waals surface area contributed by atoms with Crippen molar-refractivity contribution in [2.45, 2.75) is 58.5 Å². The maximum Gasteiger partial charge on any atom is 0.220 e. The van der Waals surface area contributed by atoms with Crippen LogP contribution in [0.2, 0.25) is 0 Å². The van der Waals surface area contributed by atoms with Gasteiger partial charge in [-0.25, -0.2) is 0 Å². The van der Waals surface area contributed by atoms with Gasteiger partial charge in [-0.2, -0.15) is 0 Å². The van der Waals surface area contributed by atoms with E-state index in [1.54, 1.807) is 0 Å². The predicted octanol–water partition coefficient (Wildman–Crippen LogP) is 1.35. The van der Waals surface area contributed by atoms with Crippen LogP contribution in [0.25, 0.3) is 0 Å². The number of rotatable bonds is 5. The standard InChI is InChI=1S/C16H27N5O/c1-2-20-9-6-13(7-10-20)11-16(22)17-12-15-19-18-14-5-3-4-8-21(14)15/h13H,2-12H2,1H3,(H,17,22). The van der Waals surface area contributed by atoms with Crippen LogP contribution in [0.15, 0.2) is 0 Å². The van der Waals surface area contributed by atoms with Gasteiger partial charge in [-0.1, -0.05) is 6.92 Å². The highest BCUT2D eigenvalue weighted by atomic mass is 16.1. The fraction of sp³-hybridized carbons (Fsp3) is 0.812. The Labute approximate surface area is 132 Å². The van der Waals surface area contributed by atoms with E-state index in [4.69, 9.17) is 0 Å². The first-order valence-electron chi connectivity index (χ1n) is 8.66. The van der Waals surface area contributed by atoms with Crippen molar-refractivity contribution in [3.8, 4) is 0 Å². The van der Waals surface area contributed by atoms with E-state index in [2.05, 4.69) is 31.9 Å². The van der Waals surface area contributed by atoms with Crippen molar-refractivity contribution >= 4 is 5.91 Å². The SMILES string of the molecule is CCN1CCC(CC(=O)NCc2nnc3n2CCCC3)CC1. The molecule has 2 aliphatic rings. The molecule has 2 aliphatic heterocycles. The first-order valence-corrected chi connectivity index (χ1v) is 8.66. The number of piperidine rings is 1. The molecule has 1 aromatic heterocycles. The Bertz CT molecular complexity index is 505. The molecule has 1 saturated heterocycles. The highest BCUT2D eigenvalue weighted by molar-refractivity contribution is 5.76. The van der Waals surface area contributed by atoms with Gasteiger partial charge >= 0.3 is 0 Å². The number of fused-ring (bicyclic) bond motifs is 1. The van der Waals surface area contributed by atoms with Crippen LogP contribution in [-0.4, -0.2) is 45.2 Å². The van der Waals surface area contributed by atoms with E-state index in [1.807, 2.05) is 0 Å². The van der Waals surface area contributed by atoms with Gasteiger partial charge in [0.15, 0.2) is 5.82 Å². The van der Waals surface area contributed by atoms with Crippen molar-refractivity contribution < 1.29 is 4.79 Å². The van der Waals surface area contributed by atoms with Gasteiger partial charge in [0.2, 0.25) is 5.91 Å². The monoisotopic (exact) mass is 305 g/mol. The van der Waals surface area contributed by atoms with Crippen LogP contribution >= 0.6 is 0 Å². The Morgan fingerprint density at radius 3 is 2.82 bits per heavy atom. The van der Waals surface area contributed by atoms with Gasteiger partial charge in [0.25, 0.3) is 0 Å². The van der Waals surface area contributed by atoms with Crippen LogP contribution in [0.1, 0.15) is 50.7 Å². The maximum absolute atomic E-state index is 12.1. The number of hydrogen-bond acceptors (Lipinski definition) is 4. The second kappa shape index (κ2) is 7.22. The average molecular weight is 305 g/mol. The fourth-order valence-corrected chi connectivity index (χ4v) is 3.52. The molecule has 0 aliphatic carbocycles. The molecule has 0 atom stereocenters. The predicted molar refractivity (Wildman–Crippen MR) is 84.3 cm³/mol. The van der Waals surface area contributed by atoms with E-state index >= 15 is 0 Å². The van der Waals surface area contributed by atoms with E-state index in [1.165, 1.54) is 12.8 Å². The van der Waals surface area contributed by atoms with E-state index in [-0.39, 0.29) is 5.91 Å². The summed E-state index contributed by atoms with van der Waals surface area (Å²) in [6, 6.07) is 0. The van der Waals surface area contributed by atoms with E-state index in [0.717, 1.165) is 57.1 Å². The van der Waals surface area contributed by atoms with Crippen molar-refractivity contribution in [2.24, 2.45) is 5.92 Å². The molecule has 122 valence electrons. The largest absolute Gasteiger partial charge is 0.349 e. The Hall–Kier alpha value is -1.43. The summed E-state index contributed by atoms with van der Waals surface area (Å²) in [5.74, 6) is 2.67. The fourth-order valence-electron chi connectivity index (χ4n) is 3.52. The van der Waals surface area contributed by atoms with E-state index < -0.39 is 0 Å². The molecule has 0 radical (unpaired) electrons. The van der Waals surface area contributed by atoms with Crippen molar-refractivity contribution in [1.29, 1.82) is 0 Å². The summed E-state index contributed by atoms with van der Waals surface area (Å²) >= 11 is 0. The van der Waals surface area contributed by atoms with Gasteiger partial charge in [-0.15, -0.1) is 10.2 Å². The first-order chi connectivity index (χ1) is 10.8. The maximum atomic E-state index is 12.1. The molecule has 6 heteroatoms. The number of aryl methyl sites for hydroxylation is 1. The third-order valence-electron chi connectivity index (χ3n) is 5.01. The number of nitrogens with zero attached hydrogens (tertiary/aromatic N) is 4. The minimum atomic E-state index is 0.156. The van der Waals surface area contributed by atoms with E-state index in [0.29, 0.717) is 18.9 Å². The van der Waals surface area contributed by atoms with Gasteiger partial charge in [-0.05, 0) is 51.2 Å². The molecule has 0 saturated carbocycles. The Balaban J connectivity index is 1.44. The minimum absolute atomic E-state index is 0.156. The molecule has 3 rings (SSSR count). The summed E-state index contributed by atoms with van der Waals surface area (Å²) in [6.07, 6.45) is 6.32.